The number of aromatic amines is 1. The summed E-state index contributed by atoms with van der Waals surface area (Å²) in [6, 6.07) is 38.3. The number of nitrogen functional groups attached to an aromatic ring is 2. The number of Topliss-reactive ketones (excluding diaryl/α,β-unsaturated/α-hetero) is 4. The zero-order chi connectivity index (χ0) is 90.1. The number of amidine groups is 2. The predicted molar refractivity (Wildman–Crippen MR) is 493 cm³/mol. The highest BCUT2D eigenvalue weighted by molar-refractivity contribution is 9.10. The van der Waals surface area contributed by atoms with Crippen molar-refractivity contribution in [3.63, 3.8) is 0 Å². The van der Waals surface area contributed by atoms with Gasteiger partial charge in [0, 0.05) is 97.6 Å². The number of imidazole rings is 1. The number of ether oxygens (including phenoxy) is 2. The van der Waals surface area contributed by atoms with Crippen LogP contribution >= 0.6 is 15.9 Å². The van der Waals surface area contributed by atoms with Gasteiger partial charge in [-0.2, -0.15) is 13.4 Å². The van der Waals surface area contributed by atoms with E-state index in [0.717, 1.165) is 155 Å². The van der Waals surface area contributed by atoms with Crippen molar-refractivity contribution >= 4 is 89.8 Å². The van der Waals surface area contributed by atoms with Gasteiger partial charge >= 0.3 is 12.0 Å². The van der Waals surface area contributed by atoms with Gasteiger partial charge in [0.15, 0.2) is 17.2 Å². The van der Waals surface area contributed by atoms with Crippen molar-refractivity contribution in [1.29, 1.82) is 10.8 Å². The first-order valence-corrected chi connectivity index (χ1v) is 47.6. The minimum absolute atomic E-state index is 0. The maximum absolute atomic E-state index is 13.7. The summed E-state index contributed by atoms with van der Waals surface area (Å²) in [5.41, 5.74) is 20.7. The number of hydrogen-bond acceptors (Lipinski definition) is 20. The number of nitrogens with zero attached hydrogens (tertiary/aromatic N) is 4. The zero-order valence-electron chi connectivity index (χ0n) is 74.2. The molecule has 25 heteroatoms. The average Bonchev–Trinajstić information content (AvgIpc) is 1.55. The Bertz CT molecular complexity index is 5690. The van der Waals surface area contributed by atoms with E-state index in [1.165, 1.54) is 48.4 Å². The highest BCUT2D eigenvalue weighted by atomic mass is 79.9. The van der Waals surface area contributed by atoms with Crippen molar-refractivity contribution in [3.8, 4) is 34.4 Å². The first-order chi connectivity index (χ1) is 60.5. The van der Waals surface area contributed by atoms with Crippen molar-refractivity contribution in [3.05, 3.63) is 195 Å². The molecule has 20 rings (SSSR count). The lowest BCUT2D eigenvalue weighted by Crippen LogP contribution is -2.58. The molecule has 0 amide bonds. The van der Waals surface area contributed by atoms with Crippen LogP contribution in [0.25, 0.3) is 39.9 Å². The van der Waals surface area contributed by atoms with Crippen LogP contribution in [0.1, 0.15) is 225 Å². The number of aliphatic hydroxyl groups excluding tert-OH is 1. The molecule has 1 saturated heterocycles. The van der Waals surface area contributed by atoms with E-state index in [4.69, 9.17) is 40.4 Å². The summed E-state index contributed by atoms with van der Waals surface area (Å²) in [4.78, 5) is 93.4. The van der Waals surface area contributed by atoms with Gasteiger partial charge < -0.3 is 40.6 Å². The number of methoxy groups -OCH3 is 1. The topological polar surface area (TPSA) is 375 Å². The van der Waals surface area contributed by atoms with Gasteiger partial charge in [0.25, 0.3) is 10.1 Å². The first-order valence-electron chi connectivity index (χ1n) is 45.4. The molecule has 23 nitrogen and oxygen atoms in total. The van der Waals surface area contributed by atoms with Crippen LogP contribution in [0.4, 0.5) is 0 Å². The third kappa shape index (κ3) is 17.5. The number of nitrogens with two attached hydrogens (primary N) is 2. The number of aromatic nitrogens is 4. The fourth-order valence-electron chi connectivity index (χ4n) is 26.1. The number of benzene rings is 5. The molecule has 127 heavy (non-hydrogen) atoms. The molecule has 10 unspecified atom stereocenters. The van der Waals surface area contributed by atoms with Crippen LogP contribution in [0.3, 0.4) is 0 Å². The average molecular weight is 1810 g/mol. The van der Waals surface area contributed by atoms with E-state index in [0.29, 0.717) is 117 Å². The SMILES string of the molecule is CC(=O)OC1CCC2(C)C(CCC3C2CC(=O)C2(C)C3CC(N3CC3)C2C(C)=O)C1.COc1ncc2[nH]c(C(O)c3ccccc3)nc2n1.C[C@]12CC[C@H]3[C@H](CCC4=CC(=O)CC[C@@]43C)[C@@H]1CC[C@@H]2C(=O)COS(=O)(=O)c1ccc(Br)cc1.Cc1cc(O)cc2c1[C@H]1CC[C@]3(C)C(=O)CC[C@H]3[C@H]1C=C2.N=C(N)c1ccc(-c2ccc(-c3ccc(C(=N)N)cc3)o2)cc1.[HH].[HH]. The van der Waals surface area contributed by atoms with Crippen LogP contribution in [0.2, 0.25) is 0 Å². The molecule has 1 aliphatic heterocycles. The number of H-pyrrole nitrogens is 1. The monoisotopic (exact) mass is 1810 g/mol. The van der Waals surface area contributed by atoms with Crippen molar-refractivity contribution in [2.75, 3.05) is 26.8 Å². The maximum atomic E-state index is 13.7. The molecule has 4 heterocycles. The van der Waals surface area contributed by atoms with Gasteiger partial charge in [0.1, 0.15) is 76.4 Å². The highest BCUT2D eigenvalue weighted by Crippen LogP contribution is 2.70. The maximum Gasteiger partial charge on any atom is 0.318 e. The molecule has 3 aromatic heterocycles. The van der Waals surface area contributed by atoms with Gasteiger partial charge in [0.05, 0.1) is 18.2 Å². The number of carbonyl (C=O) groups is 6. The Labute approximate surface area is 755 Å². The van der Waals surface area contributed by atoms with E-state index < -0.39 is 28.2 Å². The molecule has 10 fully saturated rings. The summed E-state index contributed by atoms with van der Waals surface area (Å²) < 4.78 is 47.6. The number of phenols is 1. The molecule has 8 aromatic rings. The van der Waals surface area contributed by atoms with E-state index >= 15 is 0 Å². The summed E-state index contributed by atoms with van der Waals surface area (Å²) in [5.74, 6) is 8.09. The van der Waals surface area contributed by atoms with E-state index in [2.05, 4.69) is 94.5 Å². The summed E-state index contributed by atoms with van der Waals surface area (Å²) in [5, 5.41) is 34.9. The fourth-order valence-corrected chi connectivity index (χ4v) is 27.2. The molecule has 0 bridgehead atoms. The molecule has 12 aliphatic rings. The highest BCUT2D eigenvalue weighted by Gasteiger charge is 2.68. The number of aromatic hydroxyl groups is 1. The first kappa shape index (κ1) is 90.4. The normalized spacial score (nSPS) is 31.8. The minimum atomic E-state index is -3.97. The molecular weight excluding hydrogens is 1690 g/mol. The summed E-state index contributed by atoms with van der Waals surface area (Å²) in [7, 11) is -2.48. The van der Waals surface area contributed by atoms with Crippen LogP contribution < -0.4 is 16.2 Å². The van der Waals surface area contributed by atoms with E-state index in [1.807, 2.05) is 84.9 Å². The number of allylic oxidation sites excluding steroid dienone is 2. The van der Waals surface area contributed by atoms with Gasteiger partial charge in [-0.25, -0.2) is 9.97 Å². The van der Waals surface area contributed by atoms with Gasteiger partial charge in [-0.05, 0) is 269 Å². The van der Waals surface area contributed by atoms with Crippen LogP contribution in [0, 0.1) is 110 Å². The number of aryl methyl sites for hydroxylation is 1. The lowest BCUT2D eigenvalue weighted by Gasteiger charge is -2.60. The van der Waals surface area contributed by atoms with Gasteiger partial charge in [-0.3, -0.25) is 48.7 Å². The largest absolute Gasteiger partial charge is 0.508 e. The second-order valence-corrected chi connectivity index (χ2v) is 41.8. The molecule has 9 N–H and O–H groups in total. The van der Waals surface area contributed by atoms with Gasteiger partial charge in [-0.15, -0.1) is 0 Å². The second-order valence-electron chi connectivity index (χ2n) is 39.3. The van der Waals surface area contributed by atoms with Gasteiger partial charge in [0.2, 0.25) is 0 Å². The lowest BCUT2D eigenvalue weighted by molar-refractivity contribution is -0.167. The molecule has 11 aliphatic carbocycles. The van der Waals surface area contributed by atoms with E-state index in [-0.39, 0.29) is 94.4 Å². The number of nitrogens with one attached hydrogen (secondary N) is 3. The Kier molecular flexibility index (Phi) is 25.5. The number of hydrogen-bond donors (Lipinski definition) is 7. The van der Waals surface area contributed by atoms with E-state index in [9.17, 15) is 47.4 Å². The van der Waals surface area contributed by atoms with Crippen LogP contribution in [-0.2, 0) is 47.8 Å². The summed E-state index contributed by atoms with van der Waals surface area (Å²) in [6.07, 6.45) is 25.6. The molecule has 674 valence electrons. The molecule has 20 atom stereocenters. The number of phenolic OH excluding ortho intramolecular Hbond substituents is 1. The number of fused-ring (bicyclic) bond motifs is 16. The molecular formula is C102H124BrN9O14S. The Morgan fingerprint density at radius 1 is 0.709 bits per heavy atom. The quantitative estimate of drug-likeness (QED) is 0.0165. The number of ketones is 5. The standard InChI is InChI=1S/C27H33BrO5S.C25H37NO4.C19H22O2.C18H16N4O.C13H12N4O2.2H2/c1-26-13-11-19(29)15-17(26)3-8-21-22-9-10-24(27(22,2)14-12-23(21)26)25(30)16-33-34(31,32)20-6-4-18(28)5-7-20;1-14(27)23-21(26-9-10-26)12-20-18-6-5-16-11-17(30-15(2)28)7-8-24(16,3)19(18)13-22(29)25(20,23)4;1-11-9-13(20)10-12-3-4-14-15(18(11)12)7-8-19(2)16(14)5-6-17(19)21;19-17(20)13-5-1-11(2-6-13)15-9-10-16(23-15)12-3-7-14(8-4-12)18(21)22;1-19-13-14-7-9-11(17-13)16-12(15-9)10(18)8-5-3-2-4-6-8;;/h4-7,15,21-24H,3,8-14,16H2,1-2H3;16-21,23H,5-13H2,1-4H3;3-4,9-10,14-16,20H,5-8H2,1-2H3;1-10H,(H3,19,20)(H3,21,22);2-7,10,18H,1H3,(H,14,15,16,17);2*1H/t21-,22+,23+,24-,26+,27+;;14-,15-,16-,19-;;;;/m1.0..../s1. The van der Waals surface area contributed by atoms with Crippen molar-refractivity contribution in [2.45, 2.75) is 206 Å². The third-order valence-corrected chi connectivity index (χ3v) is 34.5. The number of rotatable bonds is 15. The predicted octanol–water partition coefficient (Wildman–Crippen LogP) is 18.8. The Morgan fingerprint density at radius 2 is 1.38 bits per heavy atom. The third-order valence-electron chi connectivity index (χ3n) is 32.7. The minimum Gasteiger partial charge on any atom is -0.508 e. The van der Waals surface area contributed by atoms with Crippen LogP contribution in [-0.4, -0.2) is 129 Å². The zero-order valence-corrected chi connectivity index (χ0v) is 76.6. The van der Waals surface area contributed by atoms with Gasteiger partial charge in [-0.1, -0.05) is 147 Å². The molecule has 0 radical (unpaired) electrons. The second kappa shape index (κ2) is 35.8. The van der Waals surface area contributed by atoms with Crippen molar-refractivity contribution in [2.24, 2.45) is 104 Å². The van der Waals surface area contributed by atoms with Crippen molar-refractivity contribution < 1.29 is 68.3 Å². The Morgan fingerprint density at radius 3 is 2.02 bits per heavy atom. The fraction of sp³-hybridized carbons (Fsp3) is 0.500. The number of furan rings is 1. The summed E-state index contributed by atoms with van der Waals surface area (Å²) in [6.45, 7) is 18.4. The summed E-state index contributed by atoms with van der Waals surface area (Å²) >= 11 is 3.30. The lowest BCUT2D eigenvalue weighted by atomic mass is 9.44. The number of carbonyl (C=O) groups excluding carboxylic acids is 6. The molecule has 0 spiro atoms. The number of aliphatic hydroxyl groups is 1. The molecule has 9 saturated carbocycles. The number of esters is 1. The van der Waals surface area contributed by atoms with Crippen LogP contribution in [0.15, 0.2) is 165 Å². The Balaban J connectivity index is 0.000000132. The van der Waals surface area contributed by atoms with E-state index in [1.54, 1.807) is 49.5 Å². The smallest absolute Gasteiger partial charge is 0.318 e. The number of halogens is 1. The van der Waals surface area contributed by atoms with Crippen LogP contribution in [0.5, 0.6) is 11.8 Å². The van der Waals surface area contributed by atoms with Crippen molar-refractivity contribution in [1.82, 2.24) is 24.8 Å². The Hall–Kier alpha value is -9.92. The molecule has 5 aromatic carbocycles.